The molecule has 3 rings (SSSR count). The summed E-state index contributed by atoms with van der Waals surface area (Å²) in [4.78, 5) is 11.4. The fraction of sp³-hybridized carbons (Fsp3) is 0.471. The van der Waals surface area contributed by atoms with Gasteiger partial charge in [0.25, 0.3) is 10.0 Å². The Labute approximate surface area is 162 Å². The van der Waals surface area contributed by atoms with Gasteiger partial charge in [0, 0.05) is 18.4 Å². The Morgan fingerprint density at radius 2 is 2.11 bits per heavy atom. The minimum absolute atomic E-state index is 0.158. The van der Waals surface area contributed by atoms with Gasteiger partial charge in [0.05, 0.1) is 6.04 Å². The summed E-state index contributed by atoms with van der Waals surface area (Å²) in [6.07, 6.45) is 0.744. The minimum atomic E-state index is -3.90. The van der Waals surface area contributed by atoms with E-state index in [-0.39, 0.29) is 21.8 Å². The maximum Gasteiger partial charge on any atom is 0.270 e. The second-order valence-electron chi connectivity index (χ2n) is 7.06. The van der Waals surface area contributed by atoms with Gasteiger partial charge in [-0.1, -0.05) is 36.0 Å². The van der Waals surface area contributed by atoms with E-state index in [2.05, 4.69) is 20.2 Å². The van der Waals surface area contributed by atoms with E-state index in [4.69, 9.17) is 4.74 Å². The Morgan fingerprint density at radius 3 is 2.81 bits per heavy atom. The molecule has 0 fully saturated rings. The number of rotatable bonds is 5. The first-order valence-corrected chi connectivity index (χ1v) is 10.8. The highest BCUT2D eigenvalue weighted by Crippen LogP contribution is 2.40. The van der Waals surface area contributed by atoms with Crippen LogP contribution in [-0.4, -0.2) is 30.1 Å². The molecule has 1 amide bonds. The Morgan fingerprint density at radius 1 is 1.37 bits per heavy atom. The molecule has 10 heteroatoms. The SMILES string of the molecule is CCC(=O)Nc1nnc(S(=O)(=O)N[C@@H]2CC(C)(C)Oc3ccc(C)cc32)s1. The quantitative estimate of drug-likeness (QED) is 0.734. The lowest BCUT2D eigenvalue weighted by Gasteiger charge is -2.37. The summed E-state index contributed by atoms with van der Waals surface area (Å²) in [5.41, 5.74) is 1.29. The van der Waals surface area contributed by atoms with Crippen LogP contribution in [0.5, 0.6) is 5.75 Å². The van der Waals surface area contributed by atoms with E-state index in [1.807, 2.05) is 39.0 Å². The summed E-state index contributed by atoms with van der Waals surface area (Å²) in [6, 6.07) is 5.26. The van der Waals surface area contributed by atoms with Crippen LogP contribution in [-0.2, 0) is 14.8 Å². The van der Waals surface area contributed by atoms with E-state index in [1.165, 1.54) is 0 Å². The second kappa shape index (κ2) is 7.17. The number of anilines is 1. The maximum atomic E-state index is 12.8. The van der Waals surface area contributed by atoms with Crippen molar-refractivity contribution in [2.45, 2.75) is 56.5 Å². The summed E-state index contributed by atoms with van der Waals surface area (Å²) in [6.45, 7) is 7.47. The van der Waals surface area contributed by atoms with Gasteiger partial charge in [-0.25, -0.2) is 13.1 Å². The third-order valence-electron chi connectivity index (χ3n) is 4.12. The van der Waals surface area contributed by atoms with Crippen molar-refractivity contribution in [1.29, 1.82) is 0 Å². The molecule has 146 valence electrons. The number of aromatic nitrogens is 2. The Bertz CT molecular complexity index is 969. The number of amides is 1. The molecular weight excluding hydrogens is 388 g/mol. The first-order chi connectivity index (χ1) is 12.6. The molecular formula is C17H22N4O4S2. The van der Waals surface area contributed by atoms with Crippen molar-refractivity contribution in [2.75, 3.05) is 5.32 Å². The smallest absolute Gasteiger partial charge is 0.270 e. The first-order valence-electron chi connectivity index (χ1n) is 8.55. The molecule has 8 nitrogen and oxygen atoms in total. The van der Waals surface area contributed by atoms with E-state index in [9.17, 15) is 13.2 Å². The fourth-order valence-corrected chi connectivity index (χ4v) is 5.04. The van der Waals surface area contributed by atoms with E-state index in [1.54, 1.807) is 6.92 Å². The van der Waals surface area contributed by atoms with Crippen LogP contribution >= 0.6 is 11.3 Å². The molecule has 0 aliphatic carbocycles. The van der Waals surface area contributed by atoms with E-state index >= 15 is 0 Å². The van der Waals surface area contributed by atoms with Crippen molar-refractivity contribution < 1.29 is 17.9 Å². The molecule has 0 saturated heterocycles. The minimum Gasteiger partial charge on any atom is -0.487 e. The molecule has 1 aliphatic heterocycles. The molecule has 0 bridgehead atoms. The van der Waals surface area contributed by atoms with Crippen LogP contribution in [0.2, 0.25) is 0 Å². The lowest BCUT2D eigenvalue weighted by atomic mass is 9.89. The Balaban J connectivity index is 1.87. The number of aryl methyl sites for hydroxylation is 1. The van der Waals surface area contributed by atoms with Gasteiger partial charge in [0.2, 0.25) is 15.4 Å². The van der Waals surface area contributed by atoms with Crippen LogP contribution in [0.4, 0.5) is 5.13 Å². The zero-order chi connectivity index (χ0) is 19.8. The number of carbonyl (C=O) groups is 1. The summed E-state index contributed by atoms with van der Waals surface area (Å²) in [5.74, 6) is 0.413. The number of carbonyl (C=O) groups excluding carboxylic acids is 1. The van der Waals surface area contributed by atoms with Gasteiger partial charge in [-0.05, 0) is 26.8 Å². The van der Waals surface area contributed by atoms with Gasteiger partial charge in [-0.3, -0.25) is 4.79 Å². The van der Waals surface area contributed by atoms with Crippen molar-refractivity contribution in [3.05, 3.63) is 29.3 Å². The number of nitrogens with one attached hydrogen (secondary N) is 2. The molecule has 27 heavy (non-hydrogen) atoms. The molecule has 2 heterocycles. The second-order valence-corrected chi connectivity index (χ2v) is 9.92. The molecule has 0 saturated carbocycles. The summed E-state index contributed by atoms with van der Waals surface area (Å²) < 4.78 is 34.1. The number of fused-ring (bicyclic) bond motifs is 1. The summed E-state index contributed by atoms with van der Waals surface area (Å²) >= 11 is 0.821. The number of sulfonamides is 1. The monoisotopic (exact) mass is 410 g/mol. The van der Waals surface area contributed by atoms with Crippen molar-refractivity contribution in [3.8, 4) is 5.75 Å². The largest absolute Gasteiger partial charge is 0.487 e. The van der Waals surface area contributed by atoms with Gasteiger partial charge in [-0.15, -0.1) is 10.2 Å². The Hall–Kier alpha value is -2.04. The van der Waals surface area contributed by atoms with Crippen LogP contribution < -0.4 is 14.8 Å². The zero-order valence-electron chi connectivity index (χ0n) is 15.6. The van der Waals surface area contributed by atoms with Gasteiger partial charge >= 0.3 is 0 Å². The van der Waals surface area contributed by atoms with Crippen molar-refractivity contribution in [1.82, 2.24) is 14.9 Å². The van der Waals surface area contributed by atoms with Crippen LogP contribution in [0.3, 0.4) is 0 Å². The molecule has 2 aromatic rings. The van der Waals surface area contributed by atoms with Crippen molar-refractivity contribution in [3.63, 3.8) is 0 Å². The van der Waals surface area contributed by atoms with Crippen LogP contribution in [0.25, 0.3) is 0 Å². The third kappa shape index (κ3) is 4.45. The fourth-order valence-electron chi connectivity index (χ4n) is 2.89. The predicted molar refractivity (Wildman–Crippen MR) is 102 cm³/mol. The molecule has 2 N–H and O–H groups in total. The number of hydrogen-bond acceptors (Lipinski definition) is 7. The summed E-state index contributed by atoms with van der Waals surface area (Å²) in [7, 11) is -3.90. The number of hydrogen-bond donors (Lipinski definition) is 2. The molecule has 0 spiro atoms. The Kier molecular flexibility index (Phi) is 5.24. The molecule has 1 aliphatic rings. The lowest BCUT2D eigenvalue weighted by molar-refractivity contribution is -0.115. The standard InChI is InChI=1S/C17H22N4O4S2/c1-5-14(22)18-15-19-20-16(26-15)27(23,24)21-12-9-17(3,4)25-13-7-6-10(2)8-11(12)13/h6-8,12,21H,5,9H2,1-4H3,(H,18,19,22)/t12-/m1/s1. The lowest BCUT2D eigenvalue weighted by Crippen LogP contribution is -2.41. The molecule has 0 unspecified atom stereocenters. The normalized spacial score (nSPS) is 18.4. The third-order valence-corrected chi connectivity index (χ3v) is 6.80. The molecule has 1 aromatic heterocycles. The van der Waals surface area contributed by atoms with E-state index < -0.39 is 21.7 Å². The van der Waals surface area contributed by atoms with Crippen LogP contribution in [0.15, 0.2) is 22.5 Å². The van der Waals surface area contributed by atoms with E-state index in [0.717, 1.165) is 22.5 Å². The predicted octanol–water partition coefficient (Wildman–Crippen LogP) is 2.78. The van der Waals surface area contributed by atoms with Gasteiger partial charge < -0.3 is 10.1 Å². The summed E-state index contributed by atoms with van der Waals surface area (Å²) in [5, 5.41) is 10.1. The molecule has 1 aromatic carbocycles. The number of benzene rings is 1. The topological polar surface area (TPSA) is 110 Å². The number of nitrogens with zero attached hydrogens (tertiary/aromatic N) is 2. The maximum absolute atomic E-state index is 12.8. The van der Waals surface area contributed by atoms with E-state index in [0.29, 0.717) is 12.2 Å². The highest BCUT2D eigenvalue weighted by atomic mass is 32.2. The van der Waals surface area contributed by atoms with Gasteiger partial charge in [-0.2, -0.15) is 0 Å². The highest BCUT2D eigenvalue weighted by Gasteiger charge is 2.37. The average molecular weight is 411 g/mol. The van der Waals surface area contributed by atoms with Gasteiger partial charge in [0.15, 0.2) is 0 Å². The van der Waals surface area contributed by atoms with Crippen LogP contribution in [0.1, 0.15) is 50.8 Å². The molecule has 0 radical (unpaired) electrons. The average Bonchev–Trinajstić information content (AvgIpc) is 3.04. The van der Waals surface area contributed by atoms with Crippen LogP contribution in [0, 0.1) is 6.92 Å². The highest BCUT2D eigenvalue weighted by molar-refractivity contribution is 7.91. The van der Waals surface area contributed by atoms with Crippen molar-refractivity contribution in [2.24, 2.45) is 0 Å². The molecule has 1 atom stereocenters. The number of ether oxygens (including phenoxy) is 1. The van der Waals surface area contributed by atoms with Gasteiger partial charge in [0.1, 0.15) is 11.4 Å². The first kappa shape index (κ1) is 19.7. The van der Waals surface area contributed by atoms with Crippen molar-refractivity contribution >= 4 is 32.4 Å². The zero-order valence-corrected chi connectivity index (χ0v) is 17.2.